The van der Waals surface area contributed by atoms with E-state index >= 15 is 0 Å². The maximum absolute atomic E-state index is 10.1. The summed E-state index contributed by atoms with van der Waals surface area (Å²) in [6, 6.07) is 0. The molecule has 0 aliphatic heterocycles. The number of unbranched alkanes of at least 4 members (excludes halogenated alkanes) is 16. The van der Waals surface area contributed by atoms with Crippen LogP contribution in [0.25, 0.3) is 0 Å². The van der Waals surface area contributed by atoms with Gasteiger partial charge in [-0.25, -0.2) is 0 Å². The molecule has 0 radical (unpaired) electrons. The molecule has 0 saturated carbocycles. The maximum Gasteiger partial charge on any atom is 0.142 e. The zero-order valence-electron chi connectivity index (χ0n) is 18.2. The first-order valence-corrected chi connectivity index (χ1v) is 11.8. The molecule has 0 aromatic carbocycles. The van der Waals surface area contributed by atoms with Crippen LogP contribution in [0, 0.1) is 0 Å². The van der Waals surface area contributed by atoms with Crippen molar-refractivity contribution < 1.29 is 9.59 Å². The van der Waals surface area contributed by atoms with Crippen molar-refractivity contribution in [2.75, 3.05) is 0 Å². The molecule has 28 heavy (non-hydrogen) atoms. The van der Waals surface area contributed by atoms with Crippen LogP contribution >= 0.6 is 0 Å². The Morgan fingerprint density at radius 1 is 0.321 bits per heavy atom. The van der Waals surface area contributed by atoms with E-state index in [4.69, 9.17) is 0 Å². The Morgan fingerprint density at radius 2 is 0.571 bits per heavy atom. The quantitative estimate of drug-likeness (QED) is 0.0813. The molecule has 0 aliphatic rings. The number of hydrogen-bond donors (Lipinski definition) is 0. The molecule has 0 amide bonds. The van der Waals surface area contributed by atoms with Gasteiger partial charge in [-0.1, -0.05) is 88.5 Å². The van der Waals surface area contributed by atoms with Gasteiger partial charge in [0.25, 0.3) is 0 Å². The Bertz CT molecular complexity index is 369. The summed E-state index contributed by atoms with van der Waals surface area (Å²) in [6.07, 6.45) is 36.7. The number of carbonyl (C=O) groups is 2. The molecule has 2 nitrogen and oxygen atoms in total. The molecule has 160 valence electrons. The maximum atomic E-state index is 10.1. The van der Waals surface area contributed by atoms with Crippen molar-refractivity contribution >= 4 is 12.6 Å². The molecule has 0 aromatic rings. The third-order valence-electron chi connectivity index (χ3n) is 5.08. The van der Waals surface area contributed by atoms with Gasteiger partial charge in [-0.05, 0) is 63.5 Å². The van der Waals surface area contributed by atoms with E-state index in [9.17, 15) is 9.59 Å². The van der Waals surface area contributed by atoms with E-state index in [2.05, 4.69) is 12.2 Å². The highest BCUT2D eigenvalue weighted by atomic mass is 16.1. The van der Waals surface area contributed by atoms with E-state index in [1.165, 1.54) is 103 Å². The standard InChI is InChI=1S/C26H44O2/c27-25-23-21-19-17-15-13-11-9-7-5-3-1-2-4-6-8-10-12-14-16-18-20-22-24-26-28/h1-2,21-26H,3-20H2/b2-1-,23-21+,24-22+. The van der Waals surface area contributed by atoms with Gasteiger partial charge in [-0.2, -0.15) is 0 Å². The van der Waals surface area contributed by atoms with E-state index in [1.807, 2.05) is 12.2 Å². The van der Waals surface area contributed by atoms with Crippen molar-refractivity contribution in [1.82, 2.24) is 0 Å². The lowest BCUT2D eigenvalue weighted by molar-refractivity contribution is -0.104. The molecule has 0 N–H and O–H groups in total. The molecular weight excluding hydrogens is 344 g/mol. The Morgan fingerprint density at radius 3 is 0.857 bits per heavy atom. The zero-order chi connectivity index (χ0) is 20.4. The van der Waals surface area contributed by atoms with Crippen molar-refractivity contribution in [3.8, 4) is 0 Å². The number of carbonyl (C=O) groups excluding carboxylic acids is 2. The predicted octanol–water partition coefficient (Wildman–Crippen LogP) is 8.07. The topological polar surface area (TPSA) is 34.1 Å². The summed E-state index contributed by atoms with van der Waals surface area (Å²) in [5.41, 5.74) is 0. The Kier molecular flexibility index (Phi) is 24.2. The molecule has 0 aromatic heterocycles. The highest BCUT2D eigenvalue weighted by Crippen LogP contribution is 2.12. The van der Waals surface area contributed by atoms with Gasteiger partial charge >= 0.3 is 0 Å². The van der Waals surface area contributed by atoms with E-state index in [0.29, 0.717) is 0 Å². The molecule has 0 aliphatic carbocycles. The molecule has 0 spiro atoms. The van der Waals surface area contributed by atoms with Crippen LogP contribution < -0.4 is 0 Å². The summed E-state index contributed by atoms with van der Waals surface area (Å²) in [4.78, 5) is 20.3. The van der Waals surface area contributed by atoms with Gasteiger partial charge in [-0.15, -0.1) is 0 Å². The second-order valence-electron chi connectivity index (χ2n) is 7.70. The van der Waals surface area contributed by atoms with Gasteiger partial charge in [0, 0.05) is 0 Å². The second-order valence-corrected chi connectivity index (χ2v) is 7.70. The molecule has 2 heteroatoms. The summed E-state index contributed by atoms with van der Waals surface area (Å²) in [5.74, 6) is 0. The highest BCUT2D eigenvalue weighted by Gasteiger charge is 1.92. The summed E-state index contributed by atoms with van der Waals surface area (Å²) in [5, 5.41) is 0. The van der Waals surface area contributed by atoms with Crippen molar-refractivity contribution in [3.05, 3.63) is 36.5 Å². The summed E-state index contributed by atoms with van der Waals surface area (Å²) in [6.45, 7) is 0. The van der Waals surface area contributed by atoms with Gasteiger partial charge in [-0.3, -0.25) is 9.59 Å². The molecule has 0 fully saturated rings. The summed E-state index contributed by atoms with van der Waals surface area (Å²) < 4.78 is 0. The third kappa shape index (κ3) is 24.6. The number of rotatable bonds is 22. The zero-order valence-corrected chi connectivity index (χ0v) is 18.2. The van der Waals surface area contributed by atoms with Gasteiger partial charge in [0.2, 0.25) is 0 Å². The van der Waals surface area contributed by atoms with Crippen molar-refractivity contribution in [2.45, 2.75) is 116 Å². The average Bonchev–Trinajstić information content (AvgIpc) is 2.71. The third-order valence-corrected chi connectivity index (χ3v) is 5.08. The Labute approximate surface area is 174 Å². The largest absolute Gasteiger partial charge is 0.299 e. The Balaban J connectivity index is 3.12. The van der Waals surface area contributed by atoms with Crippen LogP contribution in [0.2, 0.25) is 0 Å². The average molecular weight is 389 g/mol. The van der Waals surface area contributed by atoms with E-state index in [-0.39, 0.29) is 0 Å². The van der Waals surface area contributed by atoms with E-state index in [1.54, 1.807) is 12.2 Å². The molecule has 0 atom stereocenters. The minimum atomic E-state index is 0.858. The highest BCUT2D eigenvalue weighted by molar-refractivity contribution is 5.64. The van der Waals surface area contributed by atoms with Crippen LogP contribution in [0.5, 0.6) is 0 Å². The van der Waals surface area contributed by atoms with Crippen LogP contribution in [-0.2, 0) is 9.59 Å². The molecule has 0 bridgehead atoms. The van der Waals surface area contributed by atoms with Crippen LogP contribution in [-0.4, -0.2) is 12.6 Å². The molecule has 0 saturated heterocycles. The minimum absolute atomic E-state index is 0.858. The minimum Gasteiger partial charge on any atom is -0.299 e. The fourth-order valence-electron chi connectivity index (χ4n) is 3.36. The molecule has 0 heterocycles. The number of aldehydes is 2. The second kappa shape index (κ2) is 25.6. The fourth-order valence-corrected chi connectivity index (χ4v) is 3.36. The van der Waals surface area contributed by atoms with Gasteiger partial charge < -0.3 is 0 Å². The van der Waals surface area contributed by atoms with Crippen LogP contribution in [0.3, 0.4) is 0 Å². The van der Waals surface area contributed by atoms with Gasteiger partial charge in [0.1, 0.15) is 12.6 Å². The lowest BCUT2D eigenvalue weighted by Crippen LogP contribution is -1.81. The van der Waals surface area contributed by atoms with Crippen molar-refractivity contribution in [1.29, 1.82) is 0 Å². The predicted molar refractivity (Wildman–Crippen MR) is 123 cm³/mol. The lowest BCUT2D eigenvalue weighted by atomic mass is 10.1. The van der Waals surface area contributed by atoms with Crippen LogP contribution in [0.4, 0.5) is 0 Å². The van der Waals surface area contributed by atoms with E-state index in [0.717, 1.165) is 25.4 Å². The normalized spacial score (nSPS) is 11.9. The van der Waals surface area contributed by atoms with Crippen molar-refractivity contribution in [2.24, 2.45) is 0 Å². The first-order valence-electron chi connectivity index (χ1n) is 11.8. The molecule has 0 unspecified atom stereocenters. The summed E-state index contributed by atoms with van der Waals surface area (Å²) in [7, 11) is 0. The summed E-state index contributed by atoms with van der Waals surface area (Å²) >= 11 is 0. The SMILES string of the molecule is O=C/C=C/CCCCCCCCC/C=C\CCCCCCCCC/C=C/C=O. The number of allylic oxidation sites excluding steroid dienone is 6. The first kappa shape index (κ1) is 26.6. The Hall–Kier alpha value is -1.44. The fraction of sp³-hybridized carbons (Fsp3) is 0.692. The smallest absolute Gasteiger partial charge is 0.142 e. The van der Waals surface area contributed by atoms with Gasteiger partial charge in [0.05, 0.1) is 0 Å². The monoisotopic (exact) mass is 388 g/mol. The van der Waals surface area contributed by atoms with Crippen LogP contribution in [0.1, 0.15) is 116 Å². The van der Waals surface area contributed by atoms with Crippen molar-refractivity contribution in [3.63, 3.8) is 0 Å². The molecule has 0 rings (SSSR count). The van der Waals surface area contributed by atoms with Crippen LogP contribution in [0.15, 0.2) is 36.5 Å². The number of hydrogen-bond acceptors (Lipinski definition) is 2. The first-order chi connectivity index (χ1) is 13.9. The molecular formula is C26H44O2. The lowest BCUT2D eigenvalue weighted by Gasteiger charge is -2.01. The van der Waals surface area contributed by atoms with Gasteiger partial charge in [0.15, 0.2) is 0 Å². The van der Waals surface area contributed by atoms with E-state index < -0.39 is 0 Å².